The summed E-state index contributed by atoms with van der Waals surface area (Å²) < 4.78 is 38.4. The van der Waals surface area contributed by atoms with Gasteiger partial charge in [0.15, 0.2) is 4.34 Å². The molecule has 1 aromatic heterocycles. The maximum atomic E-state index is 12.9. The van der Waals surface area contributed by atoms with E-state index in [0.29, 0.717) is 24.3 Å². The molecular formula is C18H24N4O5S3. The number of benzene rings is 1. The first-order valence-corrected chi connectivity index (χ1v) is 12.6. The average Bonchev–Trinajstić information content (AvgIpc) is 3.19. The minimum absolute atomic E-state index is 0.0285. The second-order valence-corrected chi connectivity index (χ2v) is 11.1. The predicted molar refractivity (Wildman–Crippen MR) is 116 cm³/mol. The molecule has 1 aliphatic heterocycles. The molecule has 9 nitrogen and oxygen atoms in total. The lowest BCUT2D eigenvalue weighted by atomic mass is 10.2. The van der Waals surface area contributed by atoms with Crippen molar-refractivity contribution < 1.29 is 22.7 Å². The highest BCUT2D eigenvalue weighted by Gasteiger charge is 2.28. The summed E-state index contributed by atoms with van der Waals surface area (Å²) in [6.45, 7) is 5.46. The third-order valence-electron chi connectivity index (χ3n) is 4.19. The van der Waals surface area contributed by atoms with Gasteiger partial charge in [-0.05, 0) is 24.1 Å². The van der Waals surface area contributed by atoms with E-state index in [0.717, 1.165) is 10.1 Å². The van der Waals surface area contributed by atoms with Gasteiger partial charge in [-0.3, -0.25) is 10.1 Å². The first kappa shape index (κ1) is 22.9. The summed E-state index contributed by atoms with van der Waals surface area (Å²) in [6.07, 6.45) is 0. The van der Waals surface area contributed by atoms with E-state index in [-0.39, 0.29) is 29.3 Å². The summed E-state index contributed by atoms with van der Waals surface area (Å²) in [5.41, 5.74) is 0.110. The van der Waals surface area contributed by atoms with Crippen LogP contribution in [-0.2, 0) is 14.8 Å². The van der Waals surface area contributed by atoms with E-state index in [2.05, 4.69) is 29.4 Å². The van der Waals surface area contributed by atoms with Crippen molar-refractivity contribution in [2.75, 3.05) is 44.5 Å². The first-order valence-electron chi connectivity index (χ1n) is 9.35. The Balaban J connectivity index is 1.80. The molecule has 3 rings (SSSR count). The number of methoxy groups -OCH3 is 1. The Hall–Kier alpha value is -1.73. The van der Waals surface area contributed by atoms with Crippen molar-refractivity contribution in [1.29, 1.82) is 0 Å². The Labute approximate surface area is 184 Å². The number of ether oxygens (including phenoxy) is 2. The Morgan fingerprint density at radius 1 is 1.33 bits per heavy atom. The molecule has 2 aromatic rings. The molecule has 0 saturated carbocycles. The van der Waals surface area contributed by atoms with Gasteiger partial charge in [-0.15, -0.1) is 10.2 Å². The number of sulfonamides is 1. The van der Waals surface area contributed by atoms with Crippen LogP contribution in [0, 0.1) is 5.92 Å². The summed E-state index contributed by atoms with van der Waals surface area (Å²) >= 11 is 2.85. The second kappa shape index (κ2) is 10.1. The number of nitrogens with zero attached hydrogens (tertiary/aromatic N) is 3. The first-order chi connectivity index (χ1) is 14.3. The van der Waals surface area contributed by atoms with Crippen molar-refractivity contribution in [2.45, 2.75) is 23.1 Å². The quantitative estimate of drug-likeness (QED) is 0.461. The number of thioether (sulfide) groups is 1. The topological polar surface area (TPSA) is 111 Å². The van der Waals surface area contributed by atoms with Crippen LogP contribution in [-0.4, -0.2) is 68.0 Å². The van der Waals surface area contributed by atoms with E-state index in [9.17, 15) is 13.2 Å². The normalized spacial score (nSPS) is 15.3. The van der Waals surface area contributed by atoms with E-state index in [1.807, 2.05) is 0 Å². The average molecular weight is 473 g/mol. The fraction of sp³-hybridized carbons (Fsp3) is 0.500. The molecule has 2 heterocycles. The molecule has 1 amide bonds. The third kappa shape index (κ3) is 5.49. The zero-order valence-corrected chi connectivity index (χ0v) is 19.4. The number of carbonyl (C=O) groups excluding carboxylic acids is 1. The monoisotopic (exact) mass is 472 g/mol. The van der Waals surface area contributed by atoms with Crippen LogP contribution in [0.15, 0.2) is 27.4 Å². The van der Waals surface area contributed by atoms with Gasteiger partial charge < -0.3 is 9.47 Å². The SMILES string of the molecule is COc1ccc(S(=O)(=O)N2CCOCC2)cc1C(=O)Nc1nnc(SCC(C)C)s1. The van der Waals surface area contributed by atoms with E-state index in [1.165, 1.54) is 41.0 Å². The molecule has 1 saturated heterocycles. The van der Waals surface area contributed by atoms with Crippen molar-refractivity contribution in [2.24, 2.45) is 5.92 Å². The minimum Gasteiger partial charge on any atom is -0.496 e. The fourth-order valence-electron chi connectivity index (χ4n) is 2.68. The van der Waals surface area contributed by atoms with Crippen molar-refractivity contribution in [1.82, 2.24) is 14.5 Å². The van der Waals surface area contributed by atoms with Gasteiger partial charge in [0.25, 0.3) is 5.91 Å². The number of amides is 1. The molecule has 0 atom stereocenters. The van der Waals surface area contributed by atoms with Gasteiger partial charge in [0.1, 0.15) is 5.75 Å². The number of anilines is 1. The van der Waals surface area contributed by atoms with Gasteiger partial charge >= 0.3 is 0 Å². The molecule has 0 bridgehead atoms. The predicted octanol–water partition coefficient (Wildman–Crippen LogP) is 2.57. The van der Waals surface area contributed by atoms with E-state index < -0.39 is 15.9 Å². The fourth-order valence-corrected chi connectivity index (χ4v) is 5.84. The van der Waals surface area contributed by atoms with Crippen LogP contribution in [0.2, 0.25) is 0 Å². The molecule has 0 spiro atoms. The van der Waals surface area contributed by atoms with E-state index in [4.69, 9.17) is 9.47 Å². The van der Waals surface area contributed by atoms with Crippen LogP contribution < -0.4 is 10.1 Å². The highest BCUT2D eigenvalue weighted by molar-refractivity contribution is 8.01. The van der Waals surface area contributed by atoms with Crippen LogP contribution in [0.3, 0.4) is 0 Å². The number of rotatable bonds is 8. The van der Waals surface area contributed by atoms with Crippen molar-refractivity contribution in [3.63, 3.8) is 0 Å². The number of morpholine rings is 1. The zero-order chi connectivity index (χ0) is 21.7. The molecule has 1 fully saturated rings. The molecule has 1 aliphatic rings. The molecular weight excluding hydrogens is 448 g/mol. The molecule has 164 valence electrons. The van der Waals surface area contributed by atoms with Crippen LogP contribution in [0.1, 0.15) is 24.2 Å². The van der Waals surface area contributed by atoms with Gasteiger partial charge in [-0.1, -0.05) is 36.9 Å². The maximum absolute atomic E-state index is 12.9. The molecule has 30 heavy (non-hydrogen) atoms. The number of carbonyl (C=O) groups is 1. The van der Waals surface area contributed by atoms with Crippen LogP contribution in [0.25, 0.3) is 0 Å². The summed E-state index contributed by atoms with van der Waals surface area (Å²) in [4.78, 5) is 12.9. The van der Waals surface area contributed by atoms with Crippen molar-refractivity contribution >= 4 is 44.2 Å². The largest absolute Gasteiger partial charge is 0.496 e. The second-order valence-electron chi connectivity index (χ2n) is 6.91. The van der Waals surface area contributed by atoms with E-state index in [1.54, 1.807) is 11.8 Å². The van der Waals surface area contributed by atoms with Gasteiger partial charge in [-0.2, -0.15) is 4.31 Å². The minimum atomic E-state index is -3.74. The lowest BCUT2D eigenvalue weighted by Gasteiger charge is -2.26. The highest BCUT2D eigenvalue weighted by Crippen LogP contribution is 2.29. The van der Waals surface area contributed by atoms with Crippen LogP contribution in [0.5, 0.6) is 5.75 Å². The van der Waals surface area contributed by atoms with Gasteiger partial charge in [0.05, 0.1) is 30.8 Å². The van der Waals surface area contributed by atoms with Crippen LogP contribution >= 0.6 is 23.1 Å². The Morgan fingerprint density at radius 2 is 2.07 bits per heavy atom. The lowest BCUT2D eigenvalue weighted by molar-refractivity contribution is 0.0730. The molecule has 1 aromatic carbocycles. The number of hydrogen-bond acceptors (Lipinski definition) is 9. The Bertz CT molecular complexity index is 987. The summed E-state index contributed by atoms with van der Waals surface area (Å²) in [7, 11) is -2.31. The number of hydrogen-bond donors (Lipinski definition) is 1. The molecule has 0 radical (unpaired) electrons. The lowest BCUT2D eigenvalue weighted by Crippen LogP contribution is -2.40. The molecule has 12 heteroatoms. The van der Waals surface area contributed by atoms with Crippen LogP contribution in [0.4, 0.5) is 5.13 Å². The van der Waals surface area contributed by atoms with Gasteiger partial charge in [0, 0.05) is 18.8 Å². The van der Waals surface area contributed by atoms with Crippen molar-refractivity contribution in [3.05, 3.63) is 23.8 Å². The highest BCUT2D eigenvalue weighted by atomic mass is 32.2. The zero-order valence-electron chi connectivity index (χ0n) is 17.0. The van der Waals surface area contributed by atoms with E-state index >= 15 is 0 Å². The Kier molecular flexibility index (Phi) is 7.69. The smallest absolute Gasteiger partial charge is 0.261 e. The number of aromatic nitrogens is 2. The summed E-state index contributed by atoms with van der Waals surface area (Å²) in [6, 6.07) is 4.24. The maximum Gasteiger partial charge on any atom is 0.261 e. The molecule has 0 aliphatic carbocycles. The standard InChI is InChI=1S/C18H24N4O5S3/c1-12(2)11-28-18-21-20-17(29-18)19-16(23)14-10-13(4-5-15(14)26-3)30(24,25)22-6-8-27-9-7-22/h4-5,10,12H,6-9,11H2,1-3H3,(H,19,20,23). The van der Waals surface area contributed by atoms with Gasteiger partial charge in [-0.25, -0.2) is 8.42 Å². The third-order valence-corrected chi connectivity index (χ3v) is 8.48. The van der Waals surface area contributed by atoms with Gasteiger partial charge in [0.2, 0.25) is 15.2 Å². The summed E-state index contributed by atoms with van der Waals surface area (Å²) in [5.74, 6) is 1.17. The Morgan fingerprint density at radius 3 is 2.73 bits per heavy atom. The molecule has 1 N–H and O–H groups in total. The number of nitrogens with one attached hydrogen (secondary N) is 1. The van der Waals surface area contributed by atoms with Crippen molar-refractivity contribution in [3.8, 4) is 5.75 Å². The molecule has 0 unspecified atom stereocenters. The summed E-state index contributed by atoms with van der Waals surface area (Å²) in [5, 5.41) is 11.1.